The first-order valence-electron chi connectivity index (χ1n) is 22.0. The first-order valence-corrected chi connectivity index (χ1v) is 23.5. The van der Waals surface area contributed by atoms with E-state index < -0.39 is 38.2 Å². The normalized spacial score (nSPS) is 21.3. The number of aliphatic hydroxyl groups is 3. The number of esters is 1. The van der Waals surface area contributed by atoms with Crippen LogP contribution >= 0.6 is 7.82 Å². The van der Waals surface area contributed by atoms with Crippen LogP contribution in [0.4, 0.5) is 0 Å². The molecule has 0 bridgehead atoms. The van der Waals surface area contributed by atoms with E-state index in [1.165, 1.54) is 83.5 Å². The largest absolute Gasteiger partial charge is 0.498 e. The summed E-state index contributed by atoms with van der Waals surface area (Å²) in [5.41, 5.74) is 0. The van der Waals surface area contributed by atoms with E-state index >= 15 is 0 Å². The fraction of sp³-hybridized carbons (Fsp3) is 0.841. The van der Waals surface area contributed by atoms with E-state index in [-0.39, 0.29) is 44.5 Å². The van der Waals surface area contributed by atoms with Gasteiger partial charge in [-0.1, -0.05) is 141 Å². The minimum atomic E-state index is -4.38. The topological polar surface area (TPSA) is 152 Å². The lowest BCUT2D eigenvalue weighted by Crippen LogP contribution is -2.37. The van der Waals surface area contributed by atoms with Crippen LogP contribution in [0.2, 0.25) is 0 Å². The Morgan fingerprint density at radius 3 is 1.98 bits per heavy atom. The predicted molar refractivity (Wildman–Crippen MR) is 226 cm³/mol. The van der Waals surface area contributed by atoms with Crippen molar-refractivity contribution in [2.24, 2.45) is 11.8 Å². The van der Waals surface area contributed by atoms with E-state index in [0.29, 0.717) is 23.9 Å². The molecule has 0 aliphatic heterocycles. The van der Waals surface area contributed by atoms with Crippen LogP contribution in [0.1, 0.15) is 155 Å². The van der Waals surface area contributed by atoms with Crippen molar-refractivity contribution in [3.8, 4) is 0 Å². The van der Waals surface area contributed by atoms with Gasteiger partial charge < -0.3 is 34.2 Å². The minimum Gasteiger partial charge on any atom is -0.498 e. The van der Waals surface area contributed by atoms with Gasteiger partial charge in [0, 0.05) is 12.3 Å². The van der Waals surface area contributed by atoms with Crippen LogP contribution in [0.5, 0.6) is 0 Å². The second kappa shape index (κ2) is 32.3. The Balaban J connectivity index is 2.53. The number of likely N-dealkylation sites (N-methyl/N-ethyl adjacent to an activating group) is 1. The molecule has 0 aromatic heterocycles. The van der Waals surface area contributed by atoms with Gasteiger partial charge in [0.15, 0.2) is 6.10 Å². The average molecular weight is 817 g/mol. The van der Waals surface area contributed by atoms with Crippen LogP contribution in [0.15, 0.2) is 36.6 Å². The molecule has 0 amide bonds. The highest BCUT2D eigenvalue weighted by Gasteiger charge is 2.39. The number of phosphoric ester groups is 1. The van der Waals surface area contributed by atoms with Gasteiger partial charge in [-0.05, 0) is 37.7 Å². The number of aliphatic hydroxyl groups excluding tert-OH is 3. The van der Waals surface area contributed by atoms with Crippen LogP contribution in [0.3, 0.4) is 0 Å². The molecule has 328 valence electrons. The first-order chi connectivity index (χ1) is 26.8. The third-order valence-corrected chi connectivity index (χ3v) is 11.4. The molecule has 1 unspecified atom stereocenters. The van der Waals surface area contributed by atoms with E-state index in [0.717, 1.165) is 32.1 Å². The van der Waals surface area contributed by atoms with E-state index in [2.05, 4.69) is 13.8 Å². The Bertz CT molecular complexity index is 1110. The number of ether oxygens (including phenoxy) is 2. The lowest BCUT2D eigenvalue weighted by molar-refractivity contribution is -0.870. The monoisotopic (exact) mass is 817 g/mol. The maximum Gasteiger partial charge on any atom is 0.472 e. The molecule has 12 heteroatoms. The maximum atomic E-state index is 12.8. The van der Waals surface area contributed by atoms with Crippen molar-refractivity contribution < 1.29 is 52.6 Å². The Morgan fingerprint density at radius 2 is 1.38 bits per heavy atom. The third kappa shape index (κ3) is 28.8. The molecule has 0 radical (unpaired) electrons. The zero-order valence-electron chi connectivity index (χ0n) is 35.9. The summed E-state index contributed by atoms with van der Waals surface area (Å²) < 4.78 is 34.6. The van der Waals surface area contributed by atoms with Crippen molar-refractivity contribution >= 4 is 13.8 Å². The van der Waals surface area contributed by atoms with E-state index in [9.17, 15) is 29.6 Å². The SMILES string of the molecule is CCCCCCCCCCCCCCCC/C=C/OC[C@H](COP(=O)(O)OCC[N+](C)(C)C)OC(=O)C/C=C\C[C@H]1[C@@H](/C=C/[C@H](O)CCCCC)[C@H](O)C[C@@H]1O. The Hall–Kier alpha value is -1.56. The number of quaternary nitrogens is 1. The number of unbranched alkanes of at least 4 members (excludes halogenated alkanes) is 16. The molecule has 11 nitrogen and oxygen atoms in total. The number of hydrogen-bond acceptors (Lipinski definition) is 9. The number of rotatable bonds is 36. The fourth-order valence-electron chi connectivity index (χ4n) is 6.85. The molecule has 0 heterocycles. The molecule has 0 aromatic carbocycles. The second-order valence-electron chi connectivity index (χ2n) is 16.8. The molecule has 1 rings (SSSR count). The van der Waals surface area contributed by atoms with Gasteiger partial charge in [0.2, 0.25) is 0 Å². The quantitative estimate of drug-likeness (QED) is 0.0120. The van der Waals surface area contributed by atoms with Crippen LogP contribution in [-0.4, -0.2) is 103 Å². The summed E-state index contributed by atoms with van der Waals surface area (Å²) in [6.07, 6.45) is 31.1. The Labute approximate surface area is 341 Å². The van der Waals surface area contributed by atoms with Gasteiger partial charge in [-0.2, -0.15) is 0 Å². The lowest BCUT2D eigenvalue weighted by Gasteiger charge is -2.24. The fourth-order valence-corrected chi connectivity index (χ4v) is 7.59. The summed E-state index contributed by atoms with van der Waals surface area (Å²) >= 11 is 0. The van der Waals surface area contributed by atoms with Crippen molar-refractivity contribution in [2.75, 3.05) is 47.5 Å². The summed E-state index contributed by atoms with van der Waals surface area (Å²) in [6.45, 7) is 4.45. The summed E-state index contributed by atoms with van der Waals surface area (Å²) in [7, 11) is 1.44. The molecule has 0 aromatic rings. The highest BCUT2D eigenvalue weighted by Crippen LogP contribution is 2.43. The number of hydrogen-bond donors (Lipinski definition) is 4. The maximum absolute atomic E-state index is 12.8. The van der Waals surface area contributed by atoms with Crippen molar-refractivity contribution in [2.45, 2.75) is 180 Å². The number of carbonyl (C=O) groups is 1. The molecule has 0 saturated heterocycles. The highest BCUT2D eigenvalue weighted by atomic mass is 31.2. The second-order valence-corrected chi connectivity index (χ2v) is 18.2. The molecule has 1 aliphatic carbocycles. The smallest absolute Gasteiger partial charge is 0.472 e. The standard InChI is InChI=1S/C44H82NO10P/c1-6-8-10-11-12-13-14-15-16-17-18-19-20-21-22-26-33-52-36-39(37-54-56(50,51)53-34-32-45(3,4)5)55-44(49)29-25-24-28-40-41(43(48)35-42(40)47)31-30-38(46)27-23-9-7-2/h24-26,30-31,33,38-43,46-48H,6-23,27-29,32,34-37H2,1-5H3/p+1/b25-24-,31-30+,33-26+/t38-,39-,40+,41-,42+,43-/m1/s1. The van der Waals surface area contributed by atoms with Crippen LogP contribution < -0.4 is 0 Å². The van der Waals surface area contributed by atoms with Gasteiger partial charge in [-0.3, -0.25) is 13.8 Å². The van der Waals surface area contributed by atoms with Gasteiger partial charge in [0.05, 0.1) is 58.7 Å². The van der Waals surface area contributed by atoms with Gasteiger partial charge in [0.25, 0.3) is 0 Å². The van der Waals surface area contributed by atoms with Gasteiger partial charge >= 0.3 is 13.8 Å². The van der Waals surface area contributed by atoms with Crippen molar-refractivity contribution in [3.05, 3.63) is 36.6 Å². The highest BCUT2D eigenvalue weighted by molar-refractivity contribution is 7.47. The molecule has 4 N–H and O–H groups in total. The summed E-state index contributed by atoms with van der Waals surface area (Å²) in [5, 5.41) is 31.4. The first kappa shape index (κ1) is 52.5. The molecule has 1 fully saturated rings. The predicted octanol–water partition coefficient (Wildman–Crippen LogP) is 9.33. The molecule has 56 heavy (non-hydrogen) atoms. The average Bonchev–Trinajstić information content (AvgIpc) is 3.40. The zero-order valence-corrected chi connectivity index (χ0v) is 36.8. The zero-order chi connectivity index (χ0) is 41.5. The Kier molecular flexibility index (Phi) is 30.3. The summed E-state index contributed by atoms with van der Waals surface area (Å²) in [6, 6.07) is 0. The van der Waals surface area contributed by atoms with Crippen molar-refractivity contribution in [3.63, 3.8) is 0 Å². The number of allylic oxidation sites excluding steroid dienone is 2. The van der Waals surface area contributed by atoms with Gasteiger partial charge in [0.1, 0.15) is 19.8 Å². The number of nitrogens with zero attached hydrogens (tertiary/aromatic N) is 1. The van der Waals surface area contributed by atoms with E-state index in [4.69, 9.17) is 18.5 Å². The summed E-state index contributed by atoms with van der Waals surface area (Å²) in [5.74, 6) is -1.12. The van der Waals surface area contributed by atoms with Crippen molar-refractivity contribution in [1.29, 1.82) is 0 Å². The van der Waals surface area contributed by atoms with Gasteiger partial charge in [-0.15, -0.1) is 0 Å². The molecular formula is C44H83NO10P+. The molecular weight excluding hydrogens is 733 g/mol. The van der Waals surface area contributed by atoms with E-state index in [1.807, 2.05) is 33.3 Å². The van der Waals surface area contributed by atoms with Crippen LogP contribution in [-0.2, 0) is 27.9 Å². The minimum absolute atomic E-state index is 0.0218. The summed E-state index contributed by atoms with van der Waals surface area (Å²) in [4.78, 5) is 23.0. The third-order valence-electron chi connectivity index (χ3n) is 10.4. The molecule has 0 spiro atoms. The molecule has 7 atom stereocenters. The van der Waals surface area contributed by atoms with Gasteiger partial charge in [-0.25, -0.2) is 4.57 Å². The molecule has 1 aliphatic rings. The lowest BCUT2D eigenvalue weighted by atomic mass is 9.89. The van der Waals surface area contributed by atoms with Crippen LogP contribution in [0, 0.1) is 11.8 Å². The number of phosphoric acid groups is 1. The van der Waals surface area contributed by atoms with Crippen molar-refractivity contribution in [1.82, 2.24) is 0 Å². The molecule has 1 saturated carbocycles. The Morgan fingerprint density at radius 1 is 0.786 bits per heavy atom. The van der Waals surface area contributed by atoms with E-state index in [1.54, 1.807) is 24.5 Å². The number of carbonyl (C=O) groups excluding carboxylic acids is 1. The van der Waals surface area contributed by atoms with Crippen LogP contribution in [0.25, 0.3) is 0 Å².